The second kappa shape index (κ2) is 6.13. The van der Waals surface area contributed by atoms with Crippen LogP contribution in [-0.4, -0.2) is 9.97 Å². The molecule has 0 radical (unpaired) electrons. The third-order valence-corrected chi connectivity index (χ3v) is 4.04. The second-order valence-corrected chi connectivity index (χ2v) is 5.87. The number of aromatic nitrogens is 2. The smallest absolute Gasteiger partial charge is 0.259 e. The first-order valence-electron chi connectivity index (χ1n) is 6.36. The maximum atomic E-state index is 12.0. The van der Waals surface area contributed by atoms with Gasteiger partial charge in [-0.15, -0.1) is 0 Å². The van der Waals surface area contributed by atoms with Crippen molar-refractivity contribution in [2.75, 3.05) is 0 Å². The van der Waals surface area contributed by atoms with Crippen molar-refractivity contribution in [2.24, 2.45) is 0 Å². The predicted molar refractivity (Wildman–Crippen MR) is 92.8 cm³/mol. The van der Waals surface area contributed by atoms with Gasteiger partial charge < -0.3 is 4.98 Å². The van der Waals surface area contributed by atoms with Crippen molar-refractivity contribution in [3.8, 4) is 0 Å². The second-order valence-electron chi connectivity index (χ2n) is 4.62. The molecule has 22 heavy (non-hydrogen) atoms. The molecule has 0 aliphatic carbocycles. The van der Waals surface area contributed by atoms with Crippen molar-refractivity contribution in [3.63, 3.8) is 0 Å². The summed E-state index contributed by atoms with van der Waals surface area (Å²) in [4.78, 5) is 19.1. The normalized spacial score (nSPS) is 11.4. The lowest BCUT2D eigenvalue weighted by molar-refractivity contribution is 1.14. The summed E-state index contributed by atoms with van der Waals surface area (Å²) in [6.07, 6.45) is 3.48. The van der Waals surface area contributed by atoms with Gasteiger partial charge in [-0.1, -0.05) is 46.9 Å². The first-order chi connectivity index (χ1) is 10.5. The Bertz CT molecular complexity index is 948. The molecule has 0 aliphatic heterocycles. The highest BCUT2D eigenvalue weighted by Gasteiger charge is 2.03. The van der Waals surface area contributed by atoms with Gasteiger partial charge in [0.1, 0.15) is 5.82 Å². The molecule has 0 atom stereocenters. The Morgan fingerprint density at radius 3 is 2.55 bits per heavy atom. The van der Waals surface area contributed by atoms with E-state index in [4.69, 9.17) is 34.8 Å². The van der Waals surface area contributed by atoms with Crippen LogP contribution in [0.15, 0.2) is 41.2 Å². The average Bonchev–Trinajstić information content (AvgIpc) is 2.48. The molecule has 0 saturated heterocycles. The molecule has 2 aromatic carbocycles. The number of hydrogen-bond acceptors (Lipinski definition) is 2. The van der Waals surface area contributed by atoms with Gasteiger partial charge in [-0.2, -0.15) is 0 Å². The molecule has 1 heterocycles. The summed E-state index contributed by atoms with van der Waals surface area (Å²) in [6, 6.07) is 10.2. The van der Waals surface area contributed by atoms with Crippen LogP contribution in [0.25, 0.3) is 23.1 Å². The molecule has 0 spiro atoms. The molecule has 0 saturated carbocycles. The van der Waals surface area contributed by atoms with Gasteiger partial charge in [-0.3, -0.25) is 4.79 Å². The fraction of sp³-hybridized carbons (Fsp3) is 0. The molecule has 0 bridgehead atoms. The van der Waals surface area contributed by atoms with E-state index >= 15 is 0 Å². The van der Waals surface area contributed by atoms with Gasteiger partial charge in [-0.25, -0.2) is 4.98 Å². The highest BCUT2D eigenvalue weighted by atomic mass is 35.5. The lowest BCUT2D eigenvalue weighted by Crippen LogP contribution is -2.09. The number of halogens is 3. The van der Waals surface area contributed by atoms with Gasteiger partial charge >= 0.3 is 0 Å². The Balaban J connectivity index is 2.01. The van der Waals surface area contributed by atoms with Crippen molar-refractivity contribution < 1.29 is 0 Å². The highest BCUT2D eigenvalue weighted by molar-refractivity contribution is 6.42. The third kappa shape index (κ3) is 3.17. The number of fused-ring (bicyclic) bond motifs is 1. The summed E-state index contributed by atoms with van der Waals surface area (Å²) in [7, 11) is 0. The molecule has 0 unspecified atom stereocenters. The van der Waals surface area contributed by atoms with Crippen LogP contribution in [0.5, 0.6) is 0 Å². The Morgan fingerprint density at radius 1 is 0.955 bits per heavy atom. The van der Waals surface area contributed by atoms with Crippen molar-refractivity contribution in [1.82, 2.24) is 9.97 Å². The van der Waals surface area contributed by atoms with Crippen LogP contribution in [-0.2, 0) is 0 Å². The Labute approximate surface area is 141 Å². The molecule has 0 fully saturated rings. The summed E-state index contributed by atoms with van der Waals surface area (Å²) in [6.45, 7) is 0. The maximum Gasteiger partial charge on any atom is 0.259 e. The number of nitrogens with zero attached hydrogens (tertiary/aromatic N) is 1. The van der Waals surface area contributed by atoms with Crippen LogP contribution >= 0.6 is 34.8 Å². The average molecular weight is 352 g/mol. The van der Waals surface area contributed by atoms with Crippen LogP contribution in [0.4, 0.5) is 0 Å². The first kappa shape index (κ1) is 15.1. The van der Waals surface area contributed by atoms with Gasteiger partial charge in [0.05, 0.1) is 20.9 Å². The van der Waals surface area contributed by atoms with Crippen LogP contribution < -0.4 is 5.56 Å². The quantitative estimate of drug-likeness (QED) is 0.702. The molecular formula is C16H9Cl3N2O. The van der Waals surface area contributed by atoms with Gasteiger partial charge in [0, 0.05) is 5.02 Å². The molecule has 1 N–H and O–H groups in total. The van der Waals surface area contributed by atoms with E-state index in [0.29, 0.717) is 31.8 Å². The minimum atomic E-state index is -0.213. The first-order valence-corrected chi connectivity index (χ1v) is 7.49. The fourth-order valence-corrected chi connectivity index (χ4v) is 2.47. The van der Waals surface area contributed by atoms with Crippen LogP contribution in [0, 0.1) is 0 Å². The predicted octanol–water partition coefficient (Wildman–Crippen LogP) is 5.05. The monoisotopic (exact) mass is 350 g/mol. The number of H-pyrrole nitrogens is 1. The Morgan fingerprint density at radius 2 is 1.77 bits per heavy atom. The molecule has 110 valence electrons. The lowest BCUT2D eigenvalue weighted by atomic mass is 10.2. The lowest BCUT2D eigenvalue weighted by Gasteiger charge is -2.00. The number of aromatic amines is 1. The minimum Gasteiger partial charge on any atom is -0.306 e. The molecule has 3 aromatic rings. The SMILES string of the molecule is O=c1[nH]c(C=Cc2ccc(Cl)c(Cl)c2)nc2cc(Cl)ccc12. The van der Waals surface area contributed by atoms with E-state index in [1.807, 2.05) is 6.07 Å². The van der Waals surface area contributed by atoms with Crippen LogP contribution in [0.1, 0.15) is 11.4 Å². The number of hydrogen-bond donors (Lipinski definition) is 1. The van der Waals surface area contributed by atoms with Gasteiger partial charge in [0.2, 0.25) is 0 Å². The van der Waals surface area contributed by atoms with E-state index in [9.17, 15) is 4.79 Å². The summed E-state index contributed by atoms with van der Waals surface area (Å²) in [5.74, 6) is 0.436. The van der Waals surface area contributed by atoms with Crippen LogP contribution in [0.3, 0.4) is 0 Å². The summed E-state index contributed by atoms with van der Waals surface area (Å²) < 4.78 is 0. The van der Waals surface area contributed by atoms with E-state index < -0.39 is 0 Å². The maximum absolute atomic E-state index is 12.0. The molecular weight excluding hydrogens is 343 g/mol. The summed E-state index contributed by atoms with van der Waals surface area (Å²) in [5, 5.41) is 1.99. The zero-order chi connectivity index (χ0) is 15.7. The van der Waals surface area contributed by atoms with E-state index in [2.05, 4.69) is 9.97 Å². The summed E-state index contributed by atoms with van der Waals surface area (Å²) >= 11 is 17.8. The molecule has 3 nitrogen and oxygen atoms in total. The standard InChI is InChI=1S/C16H9Cl3N2O/c17-10-3-4-11-14(8-10)20-15(21-16(11)22)6-2-9-1-5-12(18)13(19)7-9/h1-8H,(H,20,21,22). The zero-order valence-corrected chi connectivity index (χ0v) is 13.4. The topological polar surface area (TPSA) is 45.8 Å². The van der Waals surface area contributed by atoms with Gasteiger partial charge in [0.25, 0.3) is 5.56 Å². The molecule has 6 heteroatoms. The summed E-state index contributed by atoms with van der Waals surface area (Å²) in [5.41, 5.74) is 1.18. The molecule has 0 aliphatic rings. The van der Waals surface area contributed by atoms with Crippen molar-refractivity contribution >= 4 is 57.9 Å². The highest BCUT2D eigenvalue weighted by Crippen LogP contribution is 2.23. The van der Waals surface area contributed by atoms with Crippen LogP contribution in [0.2, 0.25) is 15.1 Å². The van der Waals surface area contributed by atoms with E-state index in [-0.39, 0.29) is 5.56 Å². The van der Waals surface area contributed by atoms with Crippen molar-refractivity contribution in [1.29, 1.82) is 0 Å². The molecule has 0 amide bonds. The van der Waals surface area contributed by atoms with E-state index in [1.165, 1.54) is 0 Å². The number of nitrogens with one attached hydrogen (secondary N) is 1. The van der Waals surface area contributed by atoms with Gasteiger partial charge in [0.15, 0.2) is 0 Å². The largest absolute Gasteiger partial charge is 0.306 e. The molecule has 1 aromatic heterocycles. The third-order valence-electron chi connectivity index (χ3n) is 3.06. The van der Waals surface area contributed by atoms with Crippen molar-refractivity contribution in [3.05, 3.63) is 73.2 Å². The Kier molecular flexibility index (Phi) is 4.21. The number of rotatable bonds is 2. The Hall–Kier alpha value is -1.81. The van der Waals surface area contributed by atoms with Crippen molar-refractivity contribution in [2.45, 2.75) is 0 Å². The fourth-order valence-electron chi connectivity index (χ4n) is 2.00. The zero-order valence-electron chi connectivity index (χ0n) is 11.1. The minimum absolute atomic E-state index is 0.213. The molecule has 3 rings (SSSR count). The van der Waals surface area contributed by atoms with Gasteiger partial charge in [-0.05, 0) is 42.0 Å². The number of benzene rings is 2. The van der Waals surface area contributed by atoms with E-state index in [1.54, 1.807) is 42.5 Å². The van der Waals surface area contributed by atoms with E-state index in [0.717, 1.165) is 5.56 Å².